The number of nitrogens with zero attached hydrogens (tertiary/aromatic N) is 2. The van der Waals surface area contributed by atoms with E-state index in [-0.39, 0.29) is 38.7 Å². The quantitative estimate of drug-likeness (QED) is 0.503. The minimum Gasteiger partial charge on any atom is -0.472 e. The average molecular weight is 226 g/mol. The van der Waals surface area contributed by atoms with E-state index in [0.29, 0.717) is 5.82 Å². The van der Waals surface area contributed by atoms with Crippen LogP contribution in [-0.4, -0.2) is 44.7 Å². The molecule has 0 aliphatic carbocycles. The van der Waals surface area contributed by atoms with Crippen LogP contribution in [0.5, 0.6) is 0 Å². The van der Waals surface area contributed by atoms with Crippen LogP contribution >= 0.6 is 0 Å². The molecule has 0 rings (SSSR count). The van der Waals surface area contributed by atoms with E-state index in [1.807, 2.05) is 33.0 Å². The molecule has 1 unspecified atom stereocenters. The molecule has 0 saturated carbocycles. The molecular formula is C7H14BN2Y-. The zero-order valence-electron chi connectivity index (χ0n) is 7.70. The van der Waals surface area contributed by atoms with Gasteiger partial charge in [-0.2, -0.15) is 0 Å². The summed E-state index contributed by atoms with van der Waals surface area (Å²) in [5.74, 6) is 0.636. The summed E-state index contributed by atoms with van der Waals surface area (Å²) in [6.07, 6.45) is 0. The van der Waals surface area contributed by atoms with Crippen molar-refractivity contribution in [2.45, 2.75) is 12.9 Å². The fraction of sp³-hybridized carbons (Fsp3) is 0.714. The second kappa shape index (κ2) is 6.07. The van der Waals surface area contributed by atoms with E-state index in [0.717, 1.165) is 0 Å². The van der Waals surface area contributed by atoms with Crippen molar-refractivity contribution in [2.24, 2.45) is 0 Å². The maximum Gasteiger partial charge on any atom is 0.0985 e. The molecule has 0 aliphatic rings. The molecule has 0 amide bonds. The van der Waals surface area contributed by atoms with E-state index in [1.165, 1.54) is 0 Å². The van der Waals surface area contributed by atoms with Gasteiger partial charge in [0, 0.05) is 53.9 Å². The van der Waals surface area contributed by atoms with E-state index >= 15 is 0 Å². The first-order chi connectivity index (χ1) is 4.46. The second-order valence-corrected chi connectivity index (χ2v) is 2.60. The fourth-order valence-electron chi connectivity index (χ4n) is 0.524. The van der Waals surface area contributed by atoms with Gasteiger partial charge in [0.05, 0.1) is 7.85 Å². The molecule has 0 aromatic heterocycles. The Balaban J connectivity index is 0. The smallest absolute Gasteiger partial charge is 0.0985 e. The Morgan fingerprint density at radius 2 is 1.73 bits per heavy atom. The third-order valence-electron chi connectivity index (χ3n) is 1.43. The maximum absolute atomic E-state index is 5.65. The molecule has 0 aromatic rings. The second-order valence-electron chi connectivity index (χ2n) is 2.60. The number of rotatable bonds is 3. The SMILES string of the molecule is [B]C(C)N(C)C(=[CH-])N(C)C.[Y]. The van der Waals surface area contributed by atoms with Gasteiger partial charge >= 0.3 is 0 Å². The van der Waals surface area contributed by atoms with Crippen LogP contribution in [-0.2, 0) is 32.7 Å². The van der Waals surface area contributed by atoms with Crippen LogP contribution in [0.15, 0.2) is 5.82 Å². The van der Waals surface area contributed by atoms with Crippen LogP contribution in [0.4, 0.5) is 0 Å². The first kappa shape index (κ1) is 14.1. The van der Waals surface area contributed by atoms with Gasteiger partial charge < -0.3 is 16.4 Å². The molecule has 0 saturated heterocycles. The van der Waals surface area contributed by atoms with Gasteiger partial charge in [-0.1, -0.05) is 12.7 Å². The van der Waals surface area contributed by atoms with Crippen molar-refractivity contribution in [3.8, 4) is 0 Å². The molecule has 0 fully saturated rings. The standard InChI is InChI=1S/C7H14BN2.Y/c1-6(8)10(5)7(2)9(3)4;/h2,6H,1,3-5H3;/q-1;. The van der Waals surface area contributed by atoms with Crippen molar-refractivity contribution in [1.82, 2.24) is 9.80 Å². The molecular weight excluding hydrogens is 212 g/mol. The molecule has 59 valence electrons. The Labute approximate surface area is 96.3 Å². The molecule has 3 radical (unpaired) electrons. The molecule has 2 nitrogen and oxygen atoms in total. The van der Waals surface area contributed by atoms with Gasteiger partial charge in [-0.3, -0.25) is 0 Å². The maximum atomic E-state index is 5.65. The molecule has 0 aliphatic heterocycles. The van der Waals surface area contributed by atoms with Gasteiger partial charge in [-0.05, 0) is 5.94 Å². The summed E-state index contributed by atoms with van der Waals surface area (Å²) in [6, 6.07) is 0. The van der Waals surface area contributed by atoms with E-state index in [4.69, 9.17) is 14.4 Å². The van der Waals surface area contributed by atoms with E-state index < -0.39 is 0 Å². The van der Waals surface area contributed by atoms with Crippen molar-refractivity contribution < 1.29 is 32.7 Å². The van der Waals surface area contributed by atoms with Crippen molar-refractivity contribution in [1.29, 1.82) is 0 Å². The number of hydrogen-bond donors (Lipinski definition) is 0. The summed E-state index contributed by atoms with van der Waals surface area (Å²) in [4.78, 5) is 3.63. The molecule has 0 N–H and O–H groups in total. The van der Waals surface area contributed by atoms with Crippen LogP contribution in [0, 0.1) is 6.58 Å². The van der Waals surface area contributed by atoms with Gasteiger partial charge in [0.15, 0.2) is 0 Å². The summed E-state index contributed by atoms with van der Waals surface area (Å²) in [5.41, 5.74) is 0. The zero-order chi connectivity index (χ0) is 8.31. The van der Waals surface area contributed by atoms with Gasteiger partial charge in [0.2, 0.25) is 0 Å². The molecule has 0 heterocycles. The third-order valence-corrected chi connectivity index (χ3v) is 1.43. The fourth-order valence-corrected chi connectivity index (χ4v) is 0.524. The van der Waals surface area contributed by atoms with E-state index in [1.54, 1.807) is 4.90 Å². The van der Waals surface area contributed by atoms with Crippen LogP contribution in [0.25, 0.3) is 0 Å². The van der Waals surface area contributed by atoms with Crippen LogP contribution in [0.2, 0.25) is 0 Å². The van der Waals surface area contributed by atoms with Crippen LogP contribution in [0.3, 0.4) is 0 Å². The Bertz CT molecular complexity index is 126. The topological polar surface area (TPSA) is 6.48 Å². The summed E-state index contributed by atoms with van der Waals surface area (Å²) in [7, 11) is 11.2. The zero-order valence-corrected chi connectivity index (χ0v) is 10.5. The monoisotopic (exact) mass is 226 g/mol. The van der Waals surface area contributed by atoms with Gasteiger partial charge in [-0.15, -0.1) is 0 Å². The van der Waals surface area contributed by atoms with E-state index in [9.17, 15) is 0 Å². The predicted octanol–water partition coefficient (Wildman–Crippen LogP) is 0.266. The Morgan fingerprint density at radius 3 is 1.82 bits per heavy atom. The minimum absolute atomic E-state index is 0. The van der Waals surface area contributed by atoms with Gasteiger partial charge in [-0.25, -0.2) is 0 Å². The molecule has 0 aromatic carbocycles. The molecule has 0 spiro atoms. The van der Waals surface area contributed by atoms with Crippen LogP contribution < -0.4 is 0 Å². The molecule has 0 bridgehead atoms. The summed E-state index contributed by atoms with van der Waals surface area (Å²) in [6.45, 7) is 7.53. The third kappa shape index (κ3) is 4.86. The van der Waals surface area contributed by atoms with Crippen molar-refractivity contribution >= 4 is 7.85 Å². The van der Waals surface area contributed by atoms with Crippen LogP contribution in [0.1, 0.15) is 6.92 Å². The molecule has 1 atom stereocenters. The summed E-state index contributed by atoms with van der Waals surface area (Å²) >= 11 is 0. The van der Waals surface area contributed by atoms with Crippen molar-refractivity contribution in [2.75, 3.05) is 21.1 Å². The molecule has 11 heavy (non-hydrogen) atoms. The summed E-state index contributed by atoms with van der Waals surface area (Å²) < 4.78 is 0. The Hall–Kier alpha value is 0.509. The van der Waals surface area contributed by atoms with Gasteiger partial charge in [0.1, 0.15) is 0 Å². The summed E-state index contributed by atoms with van der Waals surface area (Å²) in [5, 5.41) is 0. The minimum atomic E-state index is -0.0394. The molecule has 4 heteroatoms. The predicted molar refractivity (Wildman–Crippen MR) is 44.5 cm³/mol. The first-order valence-electron chi connectivity index (χ1n) is 3.25. The van der Waals surface area contributed by atoms with Crippen molar-refractivity contribution in [3.05, 3.63) is 12.4 Å². The number of hydrogen-bond acceptors (Lipinski definition) is 2. The Morgan fingerprint density at radius 1 is 1.36 bits per heavy atom. The first-order valence-corrected chi connectivity index (χ1v) is 3.25. The van der Waals surface area contributed by atoms with E-state index in [2.05, 4.69) is 0 Å². The van der Waals surface area contributed by atoms with Gasteiger partial charge in [0.25, 0.3) is 0 Å². The Kier molecular flexibility index (Phi) is 7.76. The van der Waals surface area contributed by atoms with Crippen molar-refractivity contribution in [3.63, 3.8) is 0 Å². The average Bonchev–Trinajstić information content (AvgIpc) is 1.84. The normalized spacial score (nSPS) is 11.3. The largest absolute Gasteiger partial charge is 0.472 e.